The molecule has 0 N–H and O–H groups in total. The maximum atomic E-state index is 11.3. The zero-order valence-corrected chi connectivity index (χ0v) is 8.26. The van der Waals surface area contributed by atoms with Gasteiger partial charge in [0.25, 0.3) is 0 Å². The van der Waals surface area contributed by atoms with Crippen molar-refractivity contribution in [1.29, 1.82) is 0 Å². The molecular formula is C8H12OS2. The van der Waals surface area contributed by atoms with Crippen LogP contribution in [0.5, 0.6) is 0 Å². The van der Waals surface area contributed by atoms with Crippen molar-refractivity contribution in [2.24, 2.45) is 5.92 Å². The van der Waals surface area contributed by atoms with Crippen molar-refractivity contribution in [2.75, 3.05) is 5.75 Å². The SMILES string of the molecule is CCC(=S)C1CCCSC1=O. The summed E-state index contributed by atoms with van der Waals surface area (Å²) in [5.74, 6) is 1.08. The number of thioether (sulfide) groups is 1. The molecule has 0 saturated carbocycles. The summed E-state index contributed by atoms with van der Waals surface area (Å²) in [7, 11) is 0. The molecule has 0 bridgehead atoms. The molecule has 1 heterocycles. The lowest BCUT2D eigenvalue weighted by Crippen LogP contribution is -2.23. The van der Waals surface area contributed by atoms with E-state index in [0.29, 0.717) is 5.12 Å². The van der Waals surface area contributed by atoms with Gasteiger partial charge in [0.15, 0.2) is 5.12 Å². The molecular weight excluding hydrogens is 176 g/mol. The Labute approximate surface area is 76.9 Å². The number of carbonyl (C=O) groups is 1. The van der Waals surface area contributed by atoms with Crippen molar-refractivity contribution in [3.05, 3.63) is 0 Å². The van der Waals surface area contributed by atoms with Gasteiger partial charge in [0.1, 0.15) is 0 Å². The Morgan fingerprint density at radius 2 is 2.55 bits per heavy atom. The molecule has 0 aromatic carbocycles. The van der Waals surface area contributed by atoms with E-state index in [4.69, 9.17) is 12.2 Å². The molecule has 11 heavy (non-hydrogen) atoms. The molecule has 1 aliphatic heterocycles. The van der Waals surface area contributed by atoms with Crippen LogP contribution in [0.2, 0.25) is 0 Å². The van der Waals surface area contributed by atoms with Gasteiger partial charge < -0.3 is 0 Å². The first-order valence-corrected chi connectivity index (χ1v) is 5.34. The average Bonchev–Trinajstić information content (AvgIpc) is 2.04. The van der Waals surface area contributed by atoms with Gasteiger partial charge in [-0.1, -0.05) is 30.9 Å². The summed E-state index contributed by atoms with van der Waals surface area (Å²) < 4.78 is 0. The van der Waals surface area contributed by atoms with Crippen LogP contribution in [0.4, 0.5) is 0 Å². The zero-order valence-electron chi connectivity index (χ0n) is 6.63. The first-order chi connectivity index (χ1) is 5.25. The van der Waals surface area contributed by atoms with Crippen molar-refractivity contribution in [2.45, 2.75) is 26.2 Å². The standard InChI is InChI=1S/C8H12OS2/c1-2-7(10)6-4-3-5-11-8(6)9/h6H,2-5H2,1H3. The molecule has 1 atom stereocenters. The van der Waals surface area contributed by atoms with Gasteiger partial charge in [-0.05, 0) is 19.3 Å². The minimum atomic E-state index is 0.0914. The summed E-state index contributed by atoms with van der Waals surface area (Å²) in [6.07, 6.45) is 2.99. The topological polar surface area (TPSA) is 17.1 Å². The normalized spacial score (nSPS) is 25.2. The van der Waals surface area contributed by atoms with E-state index in [1.54, 1.807) is 0 Å². The van der Waals surface area contributed by atoms with E-state index < -0.39 is 0 Å². The highest BCUT2D eigenvalue weighted by molar-refractivity contribution is 8.13. The first-order valence-electron chi connectivity index (χ1n) is 3.95. The van der Waals surface area contributed by atoms with Crippen LogP contribution < -0.4 is 0 Å². The highest BCUT2D eigenvalue weighted by atomic mass is 32.2. The van der Waals surface area contributed by atoms with Gasteiger partial charge in [-0.15, -0.1) is 0 Å². The largest absolute Gasteiger partial charge is 0.287 e. The number of carbonyl (C=O) groups excluding carboxylic acids is 1. The second-order valence-electron chi connectivity index (χ2n) is 2.68. The zero-order chi connectivity index (χ0) is 8.27. The van der Waals surface area contributed by atoms with Crippen molar-refractivity contribution < 1.29 is 4.79 Å². The predicted octanol–water partition coefficient (Wildman–Crippen LogP) is 2.44. The second-order valence-corrected chi connectivity index (χ2v) is 4.31. The molecule has 3 heteroatoms. The Balaban J connectivity index is 2.54. The van der Waals surface area contributed by atoms with Gasteiger partial charge in [-0.2, -0.15) is 0 Å². The molecule has 0 aliphatic carbocycles. The molecule has 0 aromatic rings. The molecule has 1 saturated heterocycles. The quantitative estimate of drug-likeness (QED) is 0.620. The average molecular weight is 188 g/mol. The lowest BCUT2D eigenvalue weighted by Gasteiger charge is -2.19. The fourth-order valence-electron chi connectivity index (χ4n) is 1.22. The van der Waals surface area contributed by atoms with Crippen LogP contribution in [0.1, 0.15) is 26.2 Å². The summed E-state index contributed by atoms with van der Waals surface area (Å²) in [4.78, 5) is 12.2. The lowest BCUT2D eigenvalue weighted by molar-refractivity contribution is -0.113. The molecule has 1 unspecified atom stereocenters. The Kier molecular flexibility index (Phi) is 3.52. The van der Waals surface area contributed by atoms with Crippen LogP contribution in [-0.4, -0.2) is 15.7 Å². The van der Waals surface area contributed by atoms with Crippen LogP contribution in [-0.2, 0) is 4.79 Å². The van der Waals surface area contributed by atoms with E-state index in [-0.39, 0.29) is 5.92 Å². The smallest absolute Gasteiger partial charge is 0.196 e. The van der Waals surface area contributed by atoms with Crippen LogP contribution >= 0.6 is 24.0 Å². The van der Waals surface area contributed by atoms with Gasteiger partial charge in [0.05, 0.1) is 5.92 Å². The molecule has 0 amide bonds. The number of rotatable bonds is 2. The minimum Gasteiger partial charge on any atom is -0.287 e. The van der Waals surface area contributed by atoms with Gasteiger partial charge in [-0.3, -0.25) is 4.79 Å². The maximum absolute atomic E-state index is 11.3. The second kappa shape index (κ2) is 4.21. The monoisotopic (exact) mass is 188 g/mol. The molecule has 62 valence electrons. The lowest BCUT2D eigenvalue weighted by atomic mass is 9.99. The van der Waals surface area contributed by atoms with Crippen LogP contribution in [0.3, 0.4) is 0 Å². The van der Waals surface area contributed by atoms with Gasteiger partial charge in [-0.25, -0.2) is 0 Å². The van der Waals surface area contributed by atoms with Crippen molar-refractivity contribution in [3.8, 4) is 0 Å². The summed E-state index contributed by atoms with van der Waals surface area (Å²) in [5, 5.41) is 0.295. The van der Waals surface area contributed by atoms with E-state index in [0.717, 1.165) is 29.9 Å². The van der Waals surface area contributed by atoms with Gasteiger partial charge in [0.2, 0.25) is 0 Å². The highest BCUT2D eigenvalue weighted by Gasteiger charge is 2.25. The Bertz CT molecular complexity index is 169. The summed E-state index contributed by atoms with van der Waals surface area (Å²) in [6.45, 7) is 2.02. The molecule has 1 aliphatic rings. The van der Waals surface area contributed by atoms with Crippen molar-refractivity contribution in [1.82, 2.24) is 0 Å². The fourth-order valence-corrected chi connectivity index (χ4v) is 2.49. The van der Waals surface area contributed by atoms with E-state index in [1.165, 1.54) is 11.8 Å². The summed E-state index contributed by atoms with van der Waals surface area (Å²) in [6, 6.07) is 0. The van der Waals surface area contributed by atoms with E-state index >= 15 is 0 Å². The molecule has 1 rings (SSSR count). The first kappa shape index (κ1) is 9.20. The van der Waals surface area contributed by atoms with Crippen LogP contribution in [0, 0.1) is 5.92 Å². The number of hydrogen-bond donors (Lipinski definition) is 0. The predicted molar refractivity (Wildman–Crippen MR) is 53.1 cm³/mol. The third-order valence-corrected chi connectivity index (χ3v) is 3.54. The third kappa shape index (κ3) is 2.27. The van der Waals surface area contributed by atoms with Crippen molar-refractivity contribution in [3.63, 3.8) is 0 Å². The van der Waals surface area contributed by atoms with Crippen LogP contribution in [0.15, 0.2) is 0 Å². The minimum absolute atomic E-state index is 0.0914. The fraction of sp³-hybridized carbons (Fsp3) is 0.750. The highest BCUT2D eigenvalue weighted by Crippen LogP contribution is 2.26. The third-order valence-electron chi connectivity index (χ3n) is 1.90. The number of thiocarbonyl (C=S) groups is 1. The van der Waals surface area contributed by atoms with E-state index in [9.17, 15) is 4.79 Å². The molecule has 0 spiro atoms. The van der Waals surface area contributed by atoms with Crippen molar-refractivity contribution >= 4 is 34.0 Å². The number of hydrogen-bond acceptors (Lipinski definition) is 3. The summed E-state index contributed by atoms with van der Waals surface area (Å²) in [5.41, 5.74) is 0. The van der Waals surface area contributed by atoms with E-state index in [1.807, 2.05) is 6.92 Å². The van der Waals surface area contributed by atoms with E-state index in [2.05, 4.69) is 0 Å². The molecule has 0 radical (unpaired) electrons. The summed E-state index contributed by atoms with van der Waals surface area (Å²) >= 11 is 6.56. The Morgan fingerprint density at radius 1 is 1.82 bits per heavy atom. The molecule has 1 fully saturated rings. The van der Waals surface area contributed by atoms with Gasteiger partial charge >= 0.3 is 0 Å². The van der Waals surface area contributed by atoms with Crippen LogP contribution in [0.25, 0.3) is 0 Å². The maximum Gasteiger partial charge on any atom is 0.196 e. The van der Waals surface area contributed by atoms with Gasteiger partial charge in [0, 0.05) is 10.6 Å². The Hall–Kier alpha value is 0.110. The Morgan fingerprint density at radius 3 is 3.09 bits per heavy atom. The molecule has 0 aromatic heterocycles. The molecule has 1 nitrogen and oxygen atoms in total.